The van der Waals surface area contributed by atoms with E-state index in [1.54, 1.807) is 52.1 Å². The predicted molar refractivity (Wildman–Crippen MR) is 136 cm³/mol. The van der Waals surface area contributed by atoms with E-state index >= 15 is 0 Å². The molecule has 11 heteroatoms. The van der Waals surface area contributed by atoms with E-state index in [2.05, 4.69) is 15.0 Å². The molecule has 1 aromatic carbocycles. The summed E-state index contributed by atoms with van der Waals surface area (Å²) in [7, 11) is 0. The Labute approximate surface area is 221 Å². The fraction of sp³-hybridized carbons (Fsp3) is 0.259. The van der Waals surface area contributed by atoms with Crippen LogP contribution in [0.4, 0.5) is 13.2 Å². The smallest absolute Gasteiger partial charge is 0.416 e. The van der Waals surface area contributed by atoms with Gasteiger partial charge in [-0.05, 0) is 63.1 Å². The van der Waals surface area contributed by atoms with Gasteiger partial charge in [0, 0.05) is 24.2 Å². The van der Waals surface area contributed by atoms with Crippen LogP contribution in [0.2, 0.25) is 5.02 Å². The molecule has 3 heterocycles. The second-order valence-electron chi connectivity index (χ2n) is 9.27. The first kappa shape index (κ1) is 27.3. The fourth-order valence-electron chi connectivity index (χ4n) is 3.77. The summed E-state index contributed by atoms with van der Waals surface area (Å²) in [6.45, 7) is 6.41. The first-order valence-corrected chi connectivity index (χ1v) is 11.9. The number of benzene rings is 1. The third-order valence-corrected chi connectivity index (χ3v) is 6.08. The molecule has 0 saturated carbocycles. The summed E-state index contributed by atoms with van der Waals surface area (Å²) in [5.74, 6) is 0.276. The zero-order valence-corrected chi connectivity index (χ0v) is 21.7. The summed E-state index contributed by atoms with van der Waals surface area (Å²) in [5.41, 5.74) is 0.249. The second kappa shape index (κ2) is 10.2. The summed E-state index contributed by atoms with van der Waals surface area (Å²) in [5, 5.41) is 10.0. The average Bonchev–Trinajstić information content (AvgIpc) is 2.86. The molecule has 0 aliphatic heterocycles. The largest absolute Gasteiger partial charge is 0.487 e. The molecular formula is C27H24ClF3N4O3. The number of hydrogen-bond donors (Lipinski definition) is 1. The number of ether oxygens (including phenoxy) is 1. The molecule has 198 valence electrons. The number of aliphatic hydroxyl groups is 1. The lowest BCUT2D eigenvalue weighted by Crippen LogP contribution is -2.23. The Balaban J connectivity index is 1.69. The Bertz CT molecular complexity index is 1560. The van der Waals surface area contributed by atoms with Crippen LogP contribution in [0.5, 0.6) is 5.75 Å². The van der Waals surface area contributed by atoms with Gasteiger partial charge in [0.05, 0.1) is 22.6 Å². The van der Waals surface area contributed by atoms with Gasteiger partial charge in [0.1, 0.15) is 23.0 Å². The third kappa shape index (κ3) is 5.71. The molecule has 0 saturated heterocycles. The van der Waals surface area contributed by atoms with Crippen molar-refractivity contribution in [2.24, 2.45) is 0 Å². The van der Waals surface area contributed by atoms with Gasteiger partial charge in [-0.3, -0.25) is 14.3 Å². The van der Waals surface area contributed by atoms with E-state index in [4.69, 9.17) is 16.3 Å². The highest BCUT2D eigenvalue weighted by Crippen LogP contribution is 2.31. The van der Waals surface area contributed by atoms with Crippen LogP contribution in [0.3, 0.4) is 0 Å². The minimum atomic E-state index is -4.48. The number of aryl methyl sites for hydroxylation is 2. The maximum atomic E-state index is 13.3. The van der Waals surface area contributed by atoms with Crippen LogP contribution in [-0.4, -0.2) is 24.6 Å². The van der Waals surface area contributed by atoms with Gasteiger partial charge in [0.2, 0.25) is 0 Å². The highest BCUT2D eigenvalue weighted by Gasteiger charge is 2.30. The average molecular weight is 545 g/mol. The normalized spacial score (nSPS) is 12.0. The van der Waals surface area contributed by atoms with Gasteiger partial charge in [-0.15, -0.1) is 0 Å². The molecule has 1 N–H and O–H groups in total. The van der Waals surface area contributed by atoms with Gasteiger partial charge < -0.3 is 9.84 Å². The van der Waals surface area contributed by atoms with Crippen molar-refractivity contribution in [2.75, 3.05) is 0 Å². The van der Waals surface area contributed by atoms with Crippen molar-refractivity contribution in [1.82, 2.24) is 19.5 Å². The monoisotopic (exact) mass is 544 g/mol. The molecule has 0 amide bonds. The molecular weight excluding hydrogens is 521 g/mol. The van der Waals surface area contributed by atoms with Gasteiger partial charge in [0.25, 0.3) is 5.56 Å². The minimum absolute atomic E-state index is 0.0559. The molecule has 0 atom stereocenters. The van der Waals surface area contributed by atoms with Crippen molar-refractivity contribution < 1.29 is 23.0 Å². The van der Waals surface area contributed by atoms with Crippen molar-refractivity contribution in [2.45, 2.75) is 46.1 Å². The van der Waals surface area contributed by atoms with E-state index in [-0.39, 0.29) is 28.8 Å². The van der Waals surface area contributed by atoms with Crippen LogP contribution in [0.25, 0.3) is 17.1 Å². The molecule has 0 fully saturated rings. The van der Waals surface area contributed by atoms with Crippen molar-refractivity contribution in [3.63, 3.8) is 0 Å². The topological polar surface area (TPSA) is 90.1 Å². The zero-order chi connectivity index (χ0) is 27.8. The number of pyridine rings is 2. The number of aromatic nitrogens is 4. The number of alkyl halides is 3. The van der Waals surface area contributed by atoms with Gasteiger partial charge in [0.15, 0.2) is 5.82 Å². The van der Waals surface area contributed by atoms with Crippen molar-refractivity contribution in [3.05, 3.63) is 98.4 Å². The summed E-state index contributed by atoms with van der Waals surface area (Å²) in [4.78, 5) is 26.2. The Morgan fingerprint density at radius 1 is 1.05 bits per heavy atom. The van der Waals surface area contributed by atoms with E-state index in [0.717, 1.165) is 12.1 Å². The number of halogens is 4. The Hall–Kier alpha value is -3.76. The Kier molecular flexibility index (Phi) is 7.31. The number of rotatable bonds is 6. The maximum Gasteiger partial charge on any atom is 0.416 e. The lowest BCUT2D eigenvalue weighted by Gasteiger charge is -2.18. The summed E-state index contributed by atoms with van der Waals surface area (Å²) in [6.07, 6.45) is -1.37. The van der Waals surface area contributed by atoms with Crippen molar-refractivity contribution in [3.8, 4) is 22.8 Å². The molecule has 0 spiro atoms. The standard InChI is InChI=1S/C27H24ClF3N4O3/c1-15-13-33-20(19-8-9-32-25(34-19)26(3,4)37)12-21(15)35-16(2)10-22(23(28)24(35)36)38-14-17-6-5-7-18(11-17)27(29,30)31/h5-13,37H,14H2,1-4H3. The van der Waals surface area contributed by atoms with Gasteiger partial charge in [-0.1, -0.05) is 23.7 Å². The lowest BCUT2D eigenvalue weighted by atomic mass is 10.1. The molecule has 0 aliphatic rings. The predicted octanol–water partition coefficient (Wildman–Crippen LogP) is 5.78. The molecule has 0 radical (unpaired) electrons. The Morgan fingerprint density at radius 2 is 1.79 bits per heavy atom. The quantitative estimate of drug-likeness (QED) is 0.331. The first-order chi connectivity index (χ1) is 17.8. The van der Waals surface area contributed by atoms with E-state index in [1.807, 2.05) is 0 Å². The van der Waals surface area contributed by atoms with E-state index in [9.17, 15) is 23.1 Å². The number of hydrogen-bond acceptors (Lipinski definition) is 6. The SMILES string of the molecule is Cc1cnc(-c2ccnc(C(C)(C)O)n2)cc1-n1c(C)cc(OCc2cccc(C(F)(F)F)c2)c(Cl)c1=O. The van der Waals surface area contributed by atoms with Crippen LogP contribution < -0.4 is 10.3 Å². The molecule has 0 aliphatic carbocycles. The van der Waals surface area contributed by atoms with Crippen LogP contribution in [-0.2, 0) is 18.4 Å². The highest BCUT2D eigenvalue weighted by molar-refractivity contribution is 6.31. The van der Waals surface area contributed by atoms with Crippen molar-refractivity contribution in [1.29, 1.82) is 0 Å². The third-order valence-electron chi connectivity index (χ3n) is 5.73. The van der Waals surface area contributed by atoms with Crippen LogP contribution >= 0.6 is 11.6 Å². The Morgan fingerprint density at radius 3 is 2.47 bits per heavy atom. The van der Waals surface area contributed by atoms with Gasteiger partial charge in [-0.2, -0.15) is 13.2 Å². The number of nitrogens with zero attached hydrogens (tertiary/aromatic N) is 4. The van der Waals surface area contributed by atoms with Crippen LogP contribution in [0.15, 0.2) is 59.7 Å². The molecule has 38 heavy (non-hydrogen) atoms. The first-order valence-electron chi connectivity index (χ1n) is 11.5. The minimum Gasteiger partial charge on any atom is -0.487 e. The summed E-state index contributed by atoms with van der Waals surface area (Å²) < 4.78 is 46.1. The summed E-state index contributed by atoms with van der Waals surface area (Å²) >= 11 is 6.37. The van der Waals surface area contributed by atoms with Crippen molar-refractivity contribution >= 4 is 11.6 Å². The molecule has 7 nitrogen and oxygen atoms in total. The van der Waals surface area contributed by atoms with E-state index < -0.39 is 22.9 Å². The summed E-state index contributed by atoms with van der Waals surface area (Å²) in [6, 6.07) is 9.62. The van der Waals surface area contributed by atoms with E-state index in [1.165, 1.54) is 22.9 Å². The molecule has 4 rings (SSSR count). The zero-order valence-electron chi connectivity index (χ0n) is 21.0. The fourth-order valence-corrected chi connectivity index (χ4v) is 3.97. The molecule has 3 aromatic heterocycles. The van der Waals surface area contributed by atoms with E-state index in [0.29, 0.717) is 28.3 Å². The van der Waals surface area contributed by atoms with Gasteiger partial charge >= 0.3 is 6.18 Å². The second-order valence-corrected chi connectivity index (χ2v) is 9.65. The maximum absolute atomic E-state index is 13.3. The molecule has 0 unspecified atom stereocenters. The van der Waals surface area contributed by atoms with Crippen LogP contribution in [0, 0.1) is 13.8 Å². The highest BCUT2D eigenvalue weighted by atomic mass is 35.5. The van der Waals surface area contributed by atoms with Crippen LogP contribution in [0.1, 0.15) is 42.1 Å². The van der Waals surface area contributed by atoms with Gasteiger partial charge in [-0.25, -0.2) is 9.97 Å². The molecule has 4 aromatic rings. The lowest BCUT2D eigenvalue weighted by molar-refractivity contribution is -0.137. The molecule has 0 bridgehead atoms.